The van der Waals surface area contributed by atoms with E-state index in [0.29, 0.717) is 5.75 Å². The molecule has 0 saturated carbocycles. The minimum Gasteiger partial charge on any atom is -0.373 e. The fourth-order valence-electron chi connectivity index (χ4n) is 2.94. The normalized spacial score (nSPS) is 13.8. The number of primary sulfonamides is 1. The zero-order valence-corrected chi connectivity index (χ0v) is 19.0. The van der Waals surface area contributed by atoms with Crippen LogP contribution in [0.1, 0.15) is 19.8 Å². The van der Waals surface area contributed by atoms with Crippen molar-refractivity contribution in [3.63, 3.8) is 0 Å². The Balaban J connectivity index is 2.39. The molecular formula is C20H28N4O4S2. The van der Waals surface area contributed by atoms with E-state index in [-0.39, 0.29) is 16.3 Å². The van der Waals surface area contributed by atoms with E-state index in [4.69, 9.17) is 5.14 Å². The Kier molecular flexibility index (Phi) is 8.25. The van der Waals surface area contributed by atoms with Crippen molar-refractivity contribution in [1.82, 2.24) is 4.90 Å². The summed E-state index contributed by atoms with van der Waals surface area (Å²) in [6, 6.07) is 13.7. The first-order chi connectivity index (χ1) is 14.1. The van der Waals surface area contributed by atoms with Gasteiger partial charge in [-0.15, -0.1) is 11.8 Å². The van der Waals surface area contributed by atoms with Gasteiger partial charge in [-0.25, -0.2) is 13.6 Å². The Morgan fingerprint density at radius 3 is 2.40 bits per heavy atom. The molecule has 0 fully saturated rings. The zero-order valence-electron chi connectivity index (χ0n) is 17.4. The lowest BCUT2D eigenvalue weighted by Gasteiger charge is -2.35. The number of hydrogen-bond acceptors (Lipinski definition) is 7. The first-order valence-corrected chi connectivity index (χ1v) is 12.0. The van der Waals surface area contributed by atoms with Gasteiger partial charge in [0.2, 0.25) is 10.0 Å². The third kappa shape index (κ3) is 6.69. The number of rotatable bonds is 11. The molecule has 0 amide bonds. The number of benzene rings is 2. The summed E-state index contributed by atoms with van der Waals surface area (Å²) in [5, 5.41) is 20.2. The molecule has 0 spiro atoms. The van der Waals surface area contributed by atoms with Gasteiger partial charge in [0.1, 0.15) is 5.69 Å². The van der Waals surface area contributed by atoms with E-state index in [1.165, 1.54) is 12.1 Å². The van der Waals surface area contributed by atoms with Crippen molar-refractivity contribution >= 4 is 33.2 Å². The molecular weight excluding hydrogens is 424 g/mol. The molecule has 2 aromatic rings. The zero-order chi connectivity index (χ0) is 22.4. The average molecular weight is 453 g/mol. The molecule has 0 bridgehead atoms. The molecule has 1 atom stereocenters. The van der Waals surface area contributed by atoms with Crippen molar-refractivity contribution in [2.24, 2.45) is 5.14 Å². The van der Waals surface area contributed by atoms with Gasteiger partial charge in [-0.05, 0) is 57.7 Å². The maximum Gasteiger partial charge on any atom is 0.293 e. The Morgan fingerprint density at radius 2 is 1.87 bits per heavy atom. The number of nitrogens with one attached hydrogen (secondary N) is 1. The molecule has 2 rings (SSSR count). The Morgan fingerprint density at radius 1 is 1.20 bits per heavy atom. The number of thioether (sulfide) groups is 1. The highest BCUT2D eigenvalue weighted by Crippen LogP contribution is 2.35. The minimum absolute atomic E-state index is 0.279. The standard InChI is InChI=1S/C20H28N4O4S2/c1-4-20(12-13-23(2)3,15-29-16-8-6-5-7-9-16)22-18-11-10-17(30(21,27)28)14-19(18)24(25)26/h5-11,14,22H,4,12-13,15H2,1-3H3,(H2,21,27,28)/t20-/m1/s1. The Hall–Kier alpha value is -2.14. The molecule has 164 valence electrons. The van der Waals surface area contributed by atoms with Crippen molar-refractivity contribution in [2.75, 3.05) is 31.7 Å². The van der Waals surface area contributed by atoms with Crippen molar-refractivity contribution in [3.05, 3.63) is 58.6 Å². The maximum atomic E-state index is 11.6. The summed E-state index contributed by atoms with van der Waals surface area (Å²) < 4.78 is 23.2. The summed E-state index contributed by atoms with van der Waals surface area (Å²) >= 11 is 1.68. The predicted molar refractivity (Wildman–Crippen MR) is 121 cm³/mol. The fourth-order valence-corrected chi connectivity index (χ4v) is 4.69. The highest BCUT2D eigenvalue weighted by Gasteiger charge is 2.31. The molecule has 3 N–H and O–H groups in total. The number of nitrogens with two attached hydrogens (primary N) is 1. The number of anilines is 1. The lowest BCUT2D eigenvalue weighted by atomic mass is 9.93. The van der Waals surface area contributed by atoms with Crippen LogP contribution in [-0.4, -0.2) is 50.2 Å². The summed E-state index contributed by atoms with van der Waals surface area (Å²) in [7, 11) is -0.0750. The quantitative estimate of drug-likeness (QED) is 0.304. The van der Waals surface area contributed by atoms with Crippen LogP contribution in [0.25, 0.3) is 0 Å². The van der Waals surface area contributed by atoms with Gasteiger partial charge in [-0.3, -0.25) is 10.1 Å². The van der Waals surface area contributed by atoms with E-state index in [1.807, 2.05) is 51.4 Å². The molecule has 0 aliphatic heterocycles. The second-order valence-electron chi connectivity index (χ2n) is 7.39. The summed E-state index contributed by atoms with van der Waals surface area (Å²) in [6.45, 7) is 2.83. The van der Waals surface area contributed by atoms with Gasteiger partial charge in [-0.1, -0.05) is 25.1 Å². The van der Waals surface area contributed by atoms with Gasteiger partial charge >= 0.3 is 0 Å². The third-order valence-electron chi connectivity index (χ3n) is 4.87. The molecule has 2 aromatic carbocycles. The molecule has 0 aromatic heterocycles. The molecule has 0 radical (unpaired) electrons. The summed E-state index contributed by atoms with van der Waals surface area (Å²) in [5.74, 6) is 0.690. The topological polar surface area (TPSA) is 119 Å². The van der Waals surface area contributed by atoms with Crippen LogP contribution in [0, 0.1) is 10.1 Å². The highest BCUT2D eigenvalue weighted by molar-refractivity contribution is 7.99. The number of sulfonamides is 1. The largest absolute Gasteiger partial charge is 0.373 e. The Bertz CT molecular complexity index is 968. The number of nitrogens with zero attached hydrogens (tertiary/aromatic N) is 2. The molecule has 0 heterocycles. The maximum absolute atomic E-state index is 11.6. The molecule has 0 aliphatic carbocycles. The summed E-state index contributed by atoms with van der Waals surface area (Å²) in [4.78, 5) is 13.9. The number of nitro benzene ring substituents is 1. The fraction of sp³-hybridized carbons (Fsp3) is 0.400. The second-order valence-corrected chi connectivity index (χ2v) is 10.0. The molecule has 0 aliphatic rings. The van der Waals surface area contributed by atoms with Crippen LogP contribution in [0.15, 0.2) is 58.3 Å². The molecule has 30 heavy (non-hydrogen) atoms. The Labute approximate surface area is 182 Å². The van der Waals surface area contributed by atoms with Crippen LogP contribution >= 0.6 is 11.8 Å². The summed E-state index contributed by atoms with van der Waals surface area (Å²) in [6.07, 6.45) is 1.49. The highest BCUT2D eigenvalue weighted by atomic mass is 32.2. The van der Waals surface area contributed by atoms with Gasteiger partial charge in [0, 0.05) is 22.3 Å². The molecule has 0 unspecified atom stereocenters. The van der Waals surface area contributed by atoms with Crippen molar-refractivity contribution in [1.29, 1.82) is 0 Å². The van der Waals surface area contributed by atoms with E-state index in [2.05, 4.69) is 10.2 Å². The molecule has 10 heteroatoms. The van der Waals surface area contributed by atoms with Crippen LogP contribution in [0.2, 0.25) is 0 Å². The van der Waals surface area contributed by atoms with Gasteiger partial charge in [0.15, 0.2) is 0 Å². The van der Waals surface area contributed by atoms with Crippen LogP contribution in [-0.2, 0) is 10.0 Å². The summed E-state index contributed by atoms with van der Waals surface area (Å²) in [5.41, 5.74) is -0.464. The van der Waals surface area contributed by atoms with Gasteiger partial charge in [-0.2, -0.15) is 0 Å². The van der Waals surface area contributed by atoms with Crippen LogP contribution in [0.5, 0.6) is 0 Å². The first-order valence-electron chi connectivity index (χ1n) is 9.48. The van der Waals surface area contributed by atoms with Crippen molar-refractivity contribution in [2.45, 2.75) is 35.1 Å². The number of nitro groups is 1. The minimum atomic E-state index is -4.04. The van der Waals surface area contributed by atoms with Crippen LogP contribution in [0.4, 0.5) is 11.4 Å². The average Bonchev–Trinajstić information content (AvgIpc) is 2.70. The first kappa shape index (κ1) is 24.1. The SMILES string of the molecule is CC[C@@](CCN(C)C)(CSc1ccccc1)Nc1ccc(S(N)(=O)=O)cc1[N+](=O)[O-]. The van der Waals surface area contributed by atoms with E-state index >= 15 is 0 Å². The lowest BCUT2D eigenvalue weighted by Crippen LogP contribution is -2.43. The lowest BCUT2D eigenvalue weighted by molar-refractivity contribution is -0.384. The molecule has 8 nitrogen and oxygen atoms in total. The van der Waals surface area contributed by atoms with Crippen molar-refractivity contribution in [3.8, 4) is 0 Å². The van der Waals surface area contributed by atoms with Gasteiger partial charge < -0.3 is 10.2 Å². The monoisotopic (exact) mass is 452 g/mol. The molecule has 0 saturated heterocycles. The van der Waals surface area contributed by atoms with Gasteiger partial charge in [0.05, 0.1) is 9.82 Å². The van der Waals surface area contributed by atoms with E-state index in [0.717, 1.165) is 30.3 Å². The van der Waals surface area contributed by atoms with Crippen molar-refractivity contribution < 1.29 is 13.3 Å². The van der Waals surface area contributed by atoms with Crippen LogP contribution < -0.4 is 10.5 Å². The number of hydrogen-bond donors (Lipinski definition) is 2. The third-order valence-corrected chi connectivity index (χ3v) is 7.08. The van der Waals surface area contributed by atoms with Crippen LogP contribution in [0.3, 0.4) is 0 Å². The predicted octanol–water partition coefficient (Wildman–Crippen LogP) is 3.55. The smallest absolute Gasteiger partial charge is 0.293 e. The van der Waals surface area contributed by atoms with Gasteiger partial charge in [0.25, 0.3) is 5.69 Å². The van der Waals surface area contributed by atoms with E-state index in [9.17, 15) is 18.5 Å². The second kappa shape index (κ2) is 10.3. The van der Waals surface area contributed by atoms with E-state index in [1.54, 1.807) is 11.8 Å². The van der Waals surface area contributed by atoms with E-state index < -0.39 is 20.5 Å².